The molecule has 1 N–H and O–H groups in total. The van der Waals surface area contributed by atoms with Gasteiger partial charge in [0.05, 0.1) is 7.11 Å². The number of hydrogen-bond donors (Lipinski definition) is 1. The number of benzene rings is 2. The maximum atomic E-state index is 13.2. The zero-order valence-corrected chi connectivity index (χ0v) is 17.2. The molecule has 2 aromatic carbocycles. The molecule has 0 spiro atoms. The van der Waals surface area contributed by atoms with Gasteiger partial charge in [-0.3, -0.25) is 0 Å². The minimum absolute atomic E-state index is 0.285. The van der Waals surface area contributed by atoms with Crippen LogP contribution in [-0.2, 0) is 27.8 Å². The highest BCUT2D eigenvalue weighted by atomic mass is 32.2. The standard InChI is InChI=1S/C19H21F3N2O3S.CH2O/c1-27-18-9-5-8-17-16(18)13-24(28(25,26)19(20,21)22)12-15(23-17)11-10-14-6-3-2-4-7-14;1-2/h2-9,15,23H,10-13H2,1H3;1H2. The van der Waals surface area contributed by atoms with Gasteiger partial charge in [-0.1, -0.05) is 36.4 Å². The van der Waals surface area contributed by atoms with Crippen molar-refractivity contribution < 1.29 is 31.1 Å². The van der Waals surface area contributed by atoms with Crippen molar-refractivity contribution in [3.8, 4) is 5.75 Å². The van der Waals surface area contributed by atoms with E-state index < -0.39 is 28.1 Å². The predicted molar refractivity (Wildman–Crippen MR) is 108 cm³/mol. The molecule has 1 aliphatic heterocycles. The van der Waals surface area contributed by atoms with Gasteiger partial charge in [-0.05, 0) is 30.5 Å². The summed E-state index contributed by atoms with van der Waals surface area (Å²) in [6.45, 7) is 1.31. The fourth-order valence-corrected chi connectivity index (χ4v) is 4.25. The van der Waals surface area contributed by atoms with Crippen LogP contribution in [0.15, 0.2) is 48.5 Å². The Hall–Kier alpha value is -2.59. The van der Waals surface area contributed by atoms with Gasteiger partial charge < -0.3 is 14.8 Å². The molecule has 0 saturated heterocycles. The highest BCUT2D eigenvalue weighted by molar-refractivity contribution is 7.89. The first kappa shape index (κ1) is 23.7. The zero-order valence-electron chi connectivity index (χ0n) is 16.4. The highest BCUT2D eigenvalue weighted by Gasteiger charge is 2.51. The first-order valence-electron chi connectivity index (χ1n) is 9.04. The van der Waals surface area contributed by atoms with Gasteiger partial charge in [0.25, 0.3) is 0 Å². The number of ether oxygens (including phenoxy) is 1. The Labute approximate surface area is 173 Å². The molecule has 0 saturated carbocycles. The summed E-state index contributed by atoms with van der Waals surface area (Å²) < 4.78 is 69.6. The molecule has 0 aliphatic carbocycles. The fourth-order valence-electron chi connectivity index (χ4n) is 3.29. The number of rotatable bonds is 5. The lowest BCUT2D eigenvalue weighted by Gasteiger charge is -2.25. The van der Waals surface area contributed by atoms with E-state index in [0.29, 0.717) is 34.1 Å². The monoisotopic (exact) mass is 444 g/mol. The van der Waals surface area contributed by atoms with Gasteiger partial charge in [0.2, 0.25) is 0 Å². The van der Waals surface area contributed by atoms with Gasteiger partial charge in [-0.2, -0.15) is 17.5 Å². The molecule has 2 aromatic rings. The van der Waals surface area contributed by atoms with E-state index in [2.05, 4.69) is 5.32 Å². The largest absolute Gasteiger partial charge is 0.511 e. The van der Waals surface area contributed by atoms with E-state index >= 15 is 0 Å². The second-order valence-corrected chi connectivity index (χ2v) is 8.52. The molecule has 1 aliphatic rings. The summed E-state index contributed by atoms with van der Waals surface area (Å²) in [5.74, 6) is 0.344. The van der Waals surface area contributed by atoms with Crippen molar-refractivity contribution in [2.24, 2.45) is 0 Å². The molecule has 1 unspecified atom stereocenters. The Morgan fingerprint density at radius 1 is 1.13 bits per heavy atom. The molecule has 164 valence electrons. The van der Waals surface area contributed by atoms with Crippen molar-refractivity contribution in [1.82, 2.24) is 4.31 Å². The Bertz CT molecular complexity index is 937. The Kier molecular flexibility index (Phi) is 7.85. The second kappa shape index (κ2) is 9.94. The van der Waals surface area contributed by atoms with E-state index in [1.54, 1.807) is 18.2 Å². The number of sulfonamides is 1. The van der Waals surface area contributed by atoms with Crippen LogP contribution < -0.4 is 10.1 Å². The molecule has 1 heterocycles. The summed E-state index contributed by atoms with van der Waals surface area (Å²) in [4.78, 5) is 8.00. The van der Waals surface area contributed by atoms with Gasteiger partial charge in [-0.15, -0.1) is 0 Å². The molecular formula is C20H23F3N2O4S. The molecule has 0 bridgehead atoms. The number of methoxy groups -OCH3 is 1. The van der Waals surface area contributed by atoms with Crippen molar-refractivity contribution in [2.45, 2.75) is 30.9 Å². The van der Waals surface area contributed by atoms with Gasteiger partial charge in [-0.25, -0.2) is 8.42 Å². The third kappa shape index (κ3) is 5.31. The van der Waals surface area contributed by atoms with Crippen LogP contribution in [-0.4, -0.2) is 44.7 Å². The molecular weight excluding hydrogens is 421 g/mol. The highest BCUT2D eigenvalue weighted by Crippen LogP contribution is 2.35. The van der Waals surface area contributed by atoms with Crippen LogP contribution in [0.3, 0.4) is 0 Å². The van der Waals surface area contributed by atoms with E-state index in [4.69, 9.17) is 9.53 Å². The minimum Gasteiger partial charge on any atom is -0.496 e. The van der Waals surface area contributed by atoms with Crippen molar-refractivity contribution in [1.29, 1.82) is 0 Å². The average molecular weight is 444 g/mol. The fraction of sp³-hybridized carbons (Fsp3) is 0.350. The first-order valence-corrected chi connectivity index (χ1v) is 10.5. The molecule has 30 heavy (non-hydrogen) atoms. The maximum Gasteiger partial charge on any atom is 0.511 e. The normalized spacial score (nSPS) is 17.0. The number of aryl methyl sites for hydroxylation is 1. The molecule has 6 nitrogen and oxygen atoms in total. The number of hydrogen-bond acceptors (Lipinski definition) is 5. The third-order valence-electron chi connectivity index (χ3n) is 4.73. The molecule has 0 fully saturated rings. The lowest BCUT2D eigenvalue weighted by molar-refractivity contribution is -0.0980. The first-order chi connectivity index (χ1) is 14.2. The molecule has 0 radical (unpaired) electrons. The smallest absolute Gasteiger partial charge is 0.496 e. The van der Waals surface area contributed by atoms with Gasteiger partial charge in [0.15, 0.2) is 0 Å². The minimum atomic E-state index is -5.47. The number of nitrogens with zero attached hydrogens (tertiary/aromatic N) is 1. The number of anilines is 1. The van der Waals surface area contributed by atoms with Crippen LogP contribution in [0.4, 0.5) is 18.9 Å². The summed E-state index contributed by atoms with van der Waals surface area (Å²) >= 11 is 0. The lowest BCUT2D eigenvalue weighted by atomic mass is 10.0. The molecule has 3 rings (SSSR count). The van der Waals surface area contributed by atoms with E-state index in [1.165, 1.54) is 7.11 Å². The van der Waals surface area contributed by atoms with Crippen LogP contribution in [0, 0.1) is 0 Å². The van der Waals surface area contributed by atoms with Crippen LogP contribution >= 0.6 is 0 Å². The molecule has 1 atom stereocenters. The quantitative estimate of drug-likeness (QED) is 0.763. The van der Waals surface area contributed by atoms with E-state index in [0.717, 1.165) is 5.56 Å². The number of carbonyl (C=O) groups is 1. The number of carbonyl (C=O) groups excluding carboxylic acids is 1. The van der Waals surface area contributed by atoms with Crippen molar-refractivity contribution in [3.05, 3.63) is 59.7 Å². The van der Waals surface area contributed by atoms with Crippen molar-refractivity contribution in [3.63, 3.8) is 0 Å². The summed E-state index contributed by atoms with van der Waals surface area (Å²) in [5.41, 5.74) is -3.36. The lowest BCUT2D eigenvalue weighted by Crippen LogP contribution is -2.44. The van der Waals surface area contributed by atoms with E-state index in [9.17, 15) is 21.6 Å². The van der Waals surface area contributed by atoms with E-state index in [1.807, 2.05) is 37.1 Å². The Balaban J connectivity index is 0.00000155. The van der Waals surface area contributed by atoms with Gasteiger partial charge in [0, 0.05) is 30.4 Å². The Morgan fingerprint density at radius 2 is 1.80 bits per heavy atom. The van der Waals surface area contributed by atoms with Crippen molar-refractivity contribution in [2.75, 3.05) is 19.0 Å². The molecule has 0 amide bonds. The van der Waals surface area contributed by atoms with Crippen molar-refractivity contribution >= 4 is 22.5 Å². The third-order valence-corrected chi connectivity index (χ3v) is 6.27. The average Bonchev–Trinajstić information content (AvgIpc) is 2.93. The van der Waals surface area contributed by atoms with Crippen LogP contribution in [0.5, 0.6) is 5.75 Å². The maximum absolute atomic E-state index is 13.2. The zero-order chi connectivity index (χ0) is 22.4. The summed E-state index contributed by atoms with van der Waals surface area (Å²) in [7, 11) is -4.07. The molecule has 0 aromatic heterocycles. The van der Waals surface area contributed by atoms with Gasteiger partial charge in [0.1, 0.15) is 12.5 Å². The van der Waals surface area contributed by atoms with Crippen LogP contribution in [0.1, 0.15) is 17.5 Å². The summed E-state index contributed by atoms with van der Waals surface area (Å²) in [6.07, 6.45) is 1.09. The van der Waals surface area contributed by atoms with E-state index in [-0.39, 0.29) is 6.54 Å². The number of halogens is 3. The van der Waals surface area contributed by atoms with Gasteiger partial charge >= 0.3 is 15.5 Å². The SMILES string of the molecule is C=O.COc1cccc2c1CN(S(=O)(=O)C(F)(F)F)CC(CCc1ccccc1)N2. The number of fused-ring (bicyclic) bond motifs is 1. The topological polar surface area (TPSA) is 75.7 Å². The Morgan fingerprint density at radius 3 is 2.40 bits per heavy atom. The number of nitrogens with one attached hydrogen (secondary N) is 1. The predicted octanol–water partition coefficient (Wildman–Crippen LogP) is 3.59. The molecule has 10 heteroatoms. The van der Waals surface area contributed by atoms with Crippen LogP contribution in [0.25, 0.3) is 0 Å². The number of alkyl halides is 3. The summed E-state index contributed by atoms with van der Waals surface area (Å²) in [6, 6.07) is 14.1. The second-order valence-electron chi connectivity index (χ2n) is 6.60. The summed E-state index contributed by atoms with van der Waals surface area (Å²) in [5, 5.41) is 3.20. The van der Waals surface area contributed by atoms with Crippen LogP contribution in [0.2, 0.25) is 0 Å².